The molecule has 0 radical (unpaired) electrons. The molecule has 0 aromatic heterocycles. The van der Waals surface area contributed by atoms with Crippen LogP contribution in [0, 0.1) is 20.2 Å². The summed E-state index contributed by atoms with van der Waals surface area (Å²) in [7, 11) is 1.09. The van der Waals surface area contributed by atoms with E-state index in [1.165, 1.54) is 6.92 Å². The van der Waals surface area contributed by atoms with Crippen LogP contribution in [-0.2, 0) is 14.3 Å². The van der Waals surface area contributed by atoms with Crippen LogP contribution < -0.4 is 5.32 Å². The summed E-state index contributed by atoms with van der Waals surface area (Å²) in [6, 6.07) is 1.24. The van der Waals surface area contributed by atoms with E-state index in [-0.39, 0.29) is 24.2 Å². The molecule has 1 amide bonds. The van der Waals surface area contributed by atoms with E-state index < -0.39 is 39.1 Å². The molecule has 1 N–H and O–H groups in total. The van der Waals surface area contributed by atoms with Crippen LogP contribution in [0.2, 0.25) is 0 Å². The van der Waals surface area contributed by atoms with Crippen LogP contribution >= 0.6 is 0 Å². The maximum absolute atomic E-state index is 12.2. The van der Waals surface area contributed by atoms with E-state index in [9.17, 15) is 34.6 Å². The van der Waals surface area contributed by atoms with E-state index >= 15 is 0 Å². The summed E-state index contributed by atoms with van der Waals surface area (Å²) in [6.07, 6.45) is -0.0418. The third-order valence-electron chi connectivity index (χ3n) is 3.16. The highest BCUT2D eigenvalue weighted by atomic mass is 16.6. The molecule has 0 aliphatic rings. The van der Waals surface area contributed by atoms with Gasteiger partial charge in [-0.2, -0.15) is 0 Å². The van der Waals surface area contributed by atoms with E-state index in [4.69, 9.17) is 0 Å². The van der Waals surface area contributed by atoms with Gasteiger partial charge in [0.25, 0.3) is 17.3 Å². The predicted molar refractivity (Wildman–Crippen MR) is 82.9 cm³/mol. The Morgan fingerprint density at radius 2 is 1.64 bits per heavy atom. The van der Waals surface area contributed by atoms with Gasteiger partial charge in [0.05, 0.1) is 28.6 Å². The molecule has 0 fully saturated rings. The highest BCUT2D eigenvalue weighted by Gasteiger charge is 2.25. The van der Waals surface area contributed by atoms with E-state index in [1.54, 1.807) is 0 Å². The minimum absolute atomic E-state index is 0.00483. The molecule has 1 rings (SSSR count). The molecule has 11 nitrogen and oxygen atoms in total. The number of amides is 1. The summed E-state index contributed by atoms with van der Waals surface area (Å²) in [4.78, 5) is 54.9. The Balaban J connectivity index is 3.10. The van der Waals surface area contributed by atoms with Gasteiger partial charge in [-0.1, -0.05) is 0 Å². The highest BCUT2D eigenvalue weighted by Crippen LogP contribution is 2.22. The second-order valence-electron chi connectivity index (χ2n) is 5.04. The molecule has 1 aromatic carbocycles. The number of carbonyl (C=O) groups excluding carboxylic acids is 3. The van der Waals surface area contributed by atoms with Crippen LogP contribution in [-0.4, -0.2) is 40.7 Å². The predicted octanol–water partition coefficient (Wildman–Crippen LogP) is 1.14. The normalized spacial score (nSPS) is 11.3. The summed E-state index contributed by atoms with van der Waals surface area (Å²) in [5, 5.41) is 23.9. The number of nitrogens with zero attached hydrogens (tertiary/aromatic N) is 2. The van der Waals surface area contributed by atoms with E-state index in [1.807, 2.05) is 0 Å². The molecule has 0 saturated carbocycles. The maximum atomic E-state index is 12.2. The summed E-state index contributed by atoms with van der Waals surface area (Å²) in [6.45, 7) is 1.31. The molecule has 134 valence electrons. The lowest BCUT2D eigenvalue weighted by Gasteiger charge is -2.15. The van der Waals surface area contributed by atoms with Gasteiger partial charge in [0, 0.05) is 18.6 Å². The molecule has 0 saturated heterocycles. The number of methoxy groups -OCH3 is 1. The number of nitro benzene ring substituents is 2. The lowest BCUT2D eigenvalue weighted by Crippen LogP contribution is -2.41. The number of hydrogen-bond donors (Lipinski definition) is 1. The van der Waals surface area contributed by atoms with Gasteiger partial charge < -0.3 is 14.8 Å². The highest BCUT2D eigenvalue weighted by molar-refractivity contribution is 5.98. The van der Waals surface area contributed by atoms with Gasteiger partial charge in [-0.3, -0.25) is 25.0 Å². The van der Waals surface area contributed by atoms with Gasteiger partial charge in [-0.25, -0.2) is 4.79 Å². The van der Waals surface area contributed by atoms with Crippen molar-refractivity contribution in [1.82, 2.24) is 5.32 Å². The molecule has 0 spiro atoms. The van der Waals surface area contributed by atoms with E-state index in [0.29, 0.717) is 6.07 Å². The van der Waals surface area contributed by atoms with E-state index in [0.717, 1.165) is 19.2 Å². The molecule has 1 atom stereocenters. The fourth-order valence-corrected chi connectivity index (χ4v) is 1.92. The Morgan fingerprint density at radius 3 is 2.04 bits per heavy atom. The third-order valence-corrected chi connectivity index (χ3v) is 3.16. The number of hydrogen-bond acceptors (Lipinski definition) is 8. The van der Waals surface area contributed by atoms with Crippen molar-refractivity contribution in [2.24, 2.45) is 0 Å². The van der Waals surface area contributed by atoms with Crippen molar-refractivity contribution in [2.75, 3.05) is 7.11 Å². The number of ether oxygens (including phenoxy) is 1. The van der Waals surface area contributed by atoms with Gasteiger partial charge in [-0.05, 0) is 13.3 Å². The Bertz CT molecular complexity index is 699. The Morgan fingerprint density at radius 1 is 1.12 bits per heavy atom. The second-order valence-corrected chi connectivity index (χ2v) is 5.04. The number of Topliss-reactive ketones (excluding diaryl/α,β-unsaturated/α-hetero) is 1. The van der Waals surface area contributed by atoms with Crippen molar-refractivity contribution >= 4 is 29.0 Å². The number of benzene rings is 1. The van der Waals surface area contributed by atoms with Gasteiger partial charge in [0.1, 0.15) is 11.8 Å². The summed E-state index contributed by atoms with van der Waals surface area (Å²) in [5.41, 5.74) is -1.65. The third kappa shape index (κ3) is 5.64. The first kappa shape index (κ1) is 19.7. The number of esters is 1. The molecule has 0 unspecified atom stereocenters. The first-order chi connectivity index (χ1) is 11.6. The minimum atomic E-state index is -1.17. The Kier molecular flexibility index (Phi) is 6.67. The maximum Gasteiger partial charge on any atom is 0.328 e. The fourth-order valence-electron chi connectivity index (χ4n) is 1.92. The van der Waals surface area contributed by atoms with Gasteiger partial charge >= 0.3 is 5.97 Å². The zero-order valence-electron chi connectivity index (χ0n) is 13.4. The number of nitrogens with one attached hydrogen (secondary N) is 1. The number of non-ortho nitro benzene ring substituents is 2. The molecule has 0 aliphatic heterocycles. The largest absolute Gasteiger partial charge is 0.467 e. The zero-order chi connectivity index (χ0) is 19.1. The molecule has 0 heterocycles. The van der Waals surface area contributed by atoms with Crippen LogP contribution in [0.4, 0.5) is 11.4 Å². The van der Waals surface area contributed by atoms with Crippen LogP contribution in [0.1, 0.15) is 30.1 Å². The first-order valence-electron chi connectivity index (χ1n) is 6.97. The van der Waals surface area contributed by atoms with Gasteiger partial charge in [-0.15, -0.1) is 0 Å². The number of rotatable bonds is 8. The average molecular weight is 353 g/mol. The van der Waals surface area contributed by atoms with Crippen molar-refractivity contribution in [3.8, 4) is 0 Å². The summed E-state index contributed by atoms with van der Waals surface area (Å²) >= 11 is 0. The Labute approximate surface area is 141 Å². The van der Waals surface area contributed by atoms with Crippen molar-refractivity contribution < 1.29 is 29.0 Å². The summed E-state index contributed by atoms with van der Waals surface area (Å²) < 4.78 is 4.52. The molecule has 0 bridgehead atoms. The molecule has 1 aromatic rings. The smallest absolute Gasteiger partial charge is 0.328 e. The second kappa shape index (κ2) is 8.47. The van der Waals surface area contributed by atoms with Crippen LogP contribution in [0.25, 0.3) is 0 Å². The van der Waals surface area contributed by atoms with Crippen molar-refractivity contribution in [1.29, 1.82) is 0 Å². The minimum Gasteiger partial charge on any atom is -0.467 e. The molecular formula is C14H15N3O8. The molecule has 11 heteroatoms. The SMILES string of the molecule is COC(=O)[C@H](CCC(C)=O)NC(=O)c1cc([N+](=O)[O-])cc([N+](=O)[O-])c1. The Hall–Kier alpha value is -3.37. The van der Waals surface area contributed by atoms with Crippen molar-refractivity contribution in [3.05, 3.63) is 44.0 Å². The fraction of sp³-hybridized carbons (Fsp3) is 0.357. The first-order valence-corrected chi connectivity index (χ1v) is 6.97. The quantitative estimate of drug-likeness (QED) is 0.414. The summed E-state index contributed by atoms with van der Waals surface area (Å²) in [5.74, 6) is -1.96. The molecule has 25 heavy (non-hydrogen) atoms. The topological polar surface area (TPSA) is 159 Å². The lowest BCUT2D eigenvalue weighted by molar-refractivity contribution is -0.394. The van der Waals surface area contributed by atoms with Crippen molar-refractivity contribution in [3.63, 3.8) is 0 Å². The van der Waals surface area contributed by atoms with Gasteiger partial charge in [0.2, 0.25) is 0 Å². The average Bonchev–Trinajstić information content (AvgIpc) is 2.56. The number of ketones is 1. The zero-order valence-corrected chi connectivity index (χ0v) is 13.4. The standard InChI is InChI=1S/C14H15N3O8/c1-8(18)3-4-12(14(20)25-2)15-13(19)9-5-10(16(21)22)7-11(6-9)17(23)24/h5-7,12H,3-4H2,1-2H3,(H,15,19)/t12-/m0/s1. The number of carbonyl (C=O) groups is 3. The van der Waals surface area contributed by atoms with Crippen LogP contribution in [0.3, 0.4) is 0 Å². The number of nitro groups is 2. The molecular weight excluding hydrogens is 338 g/mol. The van der Waals surface area contributed by atoms with Crippen LogP contribution in [0.15, 0.2) is 18.2 Å². The lowest BCUT2D eigenvalue weighted by atomic mass is 10.1. The van der Waals surface area contributed by atoms with E-state index in [2.05, 4.69) is 10.1 Å². The molecule has 0 aliphatic carbocycles. The van der Waals surface area contributed by atoms with Crippen LogP contribution in [0.5, 0.6) is 0 Å². The monoisotopic (exact) mass is 353 g/mol. The van der Waals surface area contributed by atoms with Crippen molar-refractivity contribution in [2.45, 2.75) is 25.8 Å². The van der Waals surface area contributed by atoms with Gasteiger partial charge in [0.15, 0.2) is 0 Å².